The molecule has 2 N–H and O–H groups in total. The van der Waals surface area contributed by atoms with E-state index in [4.69, 9.17) is 0 Å². The van der Waals surface area contributed by atoms with Crippen LogP contribution in [0.15, 0.2) is 12.5 Å². The Morgan fingerprint density at radius 1 is 1.44 bits per heavy atom. The Kier molecular flexibility index (Phi) is 3.07. The third-order valence-corrected chi connectivity index (χ3v) is 4.22. The highest BCUT2D eigenvalue weighted by Crippen LogP contribution is 2.30. The molecule has 1 aromatic heterocycles. The van der Waals surface area contributed by atoms with Crippen molar-refractivity contribution in [1.82, 2.24) is 20.2 Å². The van der Waals surface area contributed by atoms with Gasteiger partial charge in [0.2, 0.25) is 0 Å². The number of amides is 1. The zero-order valence-electron chi connectivity index (χ0n) is 10.7. The van der Waals surface area contributed by atoms with Crippen molar-refractivity contribution in [2.75, 3.05) is 6.54 Å². The predicted molar refractivity (Wildman–Crippen MR) is 68.3 cm³/mol. The second-order valence-corrected chi connectivity index (χ2v) is 5.32. The lowest BCUT2D eigenvalue weighted by molar-refractivity contribution is 0.0625. The van der Waals surface area contributed by atoms with Gasteiger partial charge < -0.3 is 15.2 Å². The molecule has 1 amide bonds. The molecular formula is C13H20N4O. The summed E-state index contributed by atoms with van der Waals surface area (Å²) >= 11 is 0. The molecule has 0 aliphatic carbocycles. The summed E-state index contributed by atoms with van der Waals surface area (Å²) < 4.78 is 0. The van der Waals surface area contributed by atoms with E-state index in [1.807, 2.05) is 4.90 Å². The Labute approximate surface area is 107 Å². The maximum atomic E-state index is 12.4. The van der Waals surface area contributed by atoms with Crippen LogP contribution >= 0.6 is 0 Å². The average Bonchev–Trinajstić information content (AvgIpc) is 3.00. The van der Waals surface area contributed by atoms with E-state index in [-0.39, 0.29) is 5.91 Å². The van der Waals surface area contributed by atoms with Crippen LogP contribution in [0.2, 0.25) is 0 Å². The van der Waals surface area contributed by atoms with E-state index in [1.54, 1.807) is 12.5 Å². The second kappa shape index (κ2) is 4.72. The highest BCUT2D eigenvalue weighted by atomic mass is 16.2. The van der Waals surface area contributed by atoms with Gasteiger partial charge in [0.05, 0.1) is 12.5 Å². The van der Waals surface area contributed by atoms with E-state index in [2.05, 4.69) is 22.2 Å². The van der Waals surface area contributed by atoms with Crippen molar-refractivity contribution in [3.8, 4) is 0 Å². The summed E-state index contributed by atoms with van der Waals surface area (Å²) in [5.41, 5.74) is 0.600. The first-order valence-corrected chi connectivity index (χ1v) is 6.83. The zero-order valence-corrected chi connectivity index (χ0v) is 10.7. The number of H-pyrrole nitrogens is 1. The van der Waals surface area contributed by atoms with Gasteiger partial charge in [-0.2, -0.15) is 0 Å². The number of nitrogens with one attached hydrogen (secondary N) is 2. The third kappa shape index (κ3) is 2.03. The molecule has 2 atom stereocenters. The Morgan fingerprint density at radius 3 is 2.72 bits per heavy atom. The number of hydrogen-bond acceptors (Lipinski definition) is 3. The molecular weight excluding hydrogens is 228 g/mol. The van der Waals surface area contributed by atoms with E-state index in [0.29, 0.717) is 23.8 Å². The van der Waals surface area contributed by atoms with E-state index in [9.17, 15) is 4.79 Å². The van der Waals surface area contributed by atoms with E-state index >= 15 is 0 Å². The molecule has 18 heavy (non-hydrogen) atoms. The van der Waals surface area contributed by atoms with Gasteiger partial charge >= 0.3 is 0 Å². The number of aromatic nitrogens is 2. The molecule has 2 saturated heterocycles. The highest BCUT2D eigenvalue weighted by Gasteiger charge is 2.37. The lowest BCUT2D eigenvalue weighted by atomic mass is 9.98. The highest BCUT2D eigenvalue weighted by molar-refractivity contribution is 5.92. The molecule has 5 nitrogen and oxygen atoms in total. The van der Waals surface area contributed by atoms with E-state index in [1.165, 1.54) is 12.8 Å². The fourth-order valence-electron chi connectivity index (χ4n) is 3.38. The number of fused-ring (bicyclic) bond motifs is 2. The summed E-state index contributed by atoms with van der Waals surface area (Å²) in [6.07, 6.45) is 7.87. The molecule has 3 heterocycles. The molecule has 0 aromatic carbocycles. The average molecular weight is 248 g/mol. The Hall–Kier alpha value is -1.36. The lowest BCUT2D eigenvalue weighted by Crippen LogP contribution is -2.50. The summed E-state index contributed by atoms with van der Waals surface area (Å²) in [6.45, 7) is 2.82. The van der Waals surface area contributed by atoms with Crippen LogP contribution in [0.25, 0.3) is 0 Å². The van der Waals surface area contributed by atoms with Crippen molar-refractivity contribution >= 4 is 5.91 Å². The number of hydrogen-bond donors (Lipinski definition) is 2. The smallest absolute Gasteiger partial charge is 0.272 e. The molecule has 2 fully saturated rings. The van der Waals surface area contributed by atoms with E-state index in [0.717, 1.165) is 19.4 Å². The number of rotatable bonds is 3. The van der Waals surface area contributed by atoms with Gasteiger partial charge in [0, 0.05) is 24.7 Å². The maximum Gasteiger partial charge on any atom is 0.272 e. The summed E-state index contributed by atoms with van der Waals surface area (Å²) in [5.74, 6) is 0.0845. The van der Waals surface area contributed by atoms with Gasteiger partial charge in [-0.25, -0.2) is 4.98 Å². The van der Waals surface area contributed by atoms with E-state index < -0.39 is 0 Å². The van der Waals surface area contributed by atoms with Crippen LogP contribution in [0.1, 0.15) is 43.1 Å². The Balaban J connectivity index is 1.74. The fraction of sp³-hybridized carbons (Fsp3) is 0.692. The monoisotopic (exact) mass is 248 g/mol. The van der Waals surface area contributed by atoms with Crippen LogP contribution in [-0.4, -0.2) is 45.4 Å². The SMILES string of the molecule is CCN(C(=O)c1cnc[nH]1)C1CC2CCC(C1)N2. The molecule has 5 heteroatoms. The standard InChI is InChI=1S/C13H20N4O/c1-2-17(13(18)12-7-14-8-15-12)11-5-9-3-4-10(6-11)16-9/h7-11,16H,2-6H2,1H3,(H,14,15). The summed E-state index contributed by atoms with van der Waals surface area (Å²) in [4.78, 5) is 21.2. The van der Waals surface area contributed by atoms with Crippen LogP contribution < -0.4 is 5.32 Å². The molecule has 2 aliphatic rings. The number of aromatic amines is 1. The van der Waals surface area contributed by atoms with Crippen molar-refractivity contribution < 1.29 is 4.79 Å². The number of nitrogens with zero attached hydrogens (tertiary/aromatic N) is 2. The van der Waals surface area contributed by atoms with Gasteiger partial charge in [0.1, 0.15) is 5.69 Å². The first-order chi connectivity index (χ1) is 8.78. The van der Waals surface area contributed by atoms with Crippen molar-refractivity contribution in [2.24, 2.45) is 0 Å². The van der Waals surface area contributed by atoms with Crippen molar-refractivity contribution in [3.05, 3.63) is 18.2 Å². The molecule has 0 spiro atoms. The summed E-state index contributed by atoms with van der Waals surface area (Å²) in [5, 5.41) is 3.61. The van der Waals surface area contributed by atoms with Gasteiger partial charge in [0.25, 0.3) is 5.91 Å². The lowest BCUT2D eigenvalue weighted by Gasteiger charge is -2.37. The minimum atomic E-state index is 0.0845. The first-order valence-electron chi connectivity index (χ1n) is 6.83. The quantitative estimate of drug-likeness (QED) is 0.843. The van der Waals surface area contributed by atoms with Gasteiger partial charge in [-0.3, -0.25) is 4.79 Å². The van der Waals surface area contributed by atoms with Crippen LogP contribution in [0.4, 0.5) is 0 Å². The molecule has 2 bridgehead atoms. The van der Waals surface area contributed by atoms with Gasteiger partial charge in [0.15, 0.2) is 0 Å². The number of imidazole rings is 1. The number of carbonyl (C=O) groups is 1. The number of piperidine rings is 1. The molecule has 2 aliphatic heterocycles. The zero-order chi connectivity index (χ0) is 12.5. The minimum Gasteiger partial charge on any atom is -0.341 e. The largest absolute Gasteiger partial charge is 0.341 e. The van der Waals surface area contributed by atoms with Gasteiger partial charge in [-0.1, -0.05) is 0 Å². The minimum absolute atomic E-state index is 0.0845. The van der Waals surface area contributed by atoms with Gasteiger partial charge in [-0.05, 0) is 32.6 Å². The molecule has 2 unspecified atom stereocenters. The van der Waals surface area contributed by atoms with Gasteiger partial charge in [-0.15, -0.1) is 0 Å². The maximum absolute atomic E-state index is 12.4. The van der Waals surface area contributed by atoms with Crippen molar-refractivity contribution in [2.45, 2.75) is 50.7 Å². The van der Waals surface area contributed by atoms with Crippen molar-refractivity contribution in [1.29, 1.82) is 0 Å². The van der Waals surface area contributed by atoms with Crippen LogP contribution in [0.5, 0.6) is 0 Å². The normalized spacial score (nSPS) is 30.4. The van der Waals surface area contributed by atoms with Crippen molar-refractivity contribution in [3.63, 3.8) is 0 Å². The fourth-order valence-corrected chi connectivity index (χ4v) is 3.38. The Bertz CT molecular complexity index is 405. The molecule has 0 saturated carbocycles. The predicted octanol–water partition coefficient (Wildman–Crippen LogP) is 1.15. The van der Waals surface area contributed by atoms with Crippen LogP contribution in [0.3, 0.4) is 0 Å². The third-order valence-electron chi connectivity index (χ3n) is 4.22. The van der Waals surface area contributed by atoms with Crippen LogP contribution in [-0.2, 0) is 0 Å². The molecule has 0 radical (unpaired) electrons. The summed E-state index contributed by atoms with van der Waals surface area (Å²) in [6, 6.07) is 1.60. The molecule has 98 valence electrons. The van der Waals surface area contributed by atoms with Crippen LogP contribution in [0, 0.1) is 0 Å². The number of carbonyl (C=O) groups excluding carboxylic acids is 1. The summed E-state index contributed by atoms with van der Waals surface area (Å²) in [7, 11) is 0. The molecule has 1 aromatic rings. The second-order valence-electron chi connectivity index (χ2n) is 5.32. The Morgan fingerprint density at radius 2 is 2.17 bits per heavy atom. The first kappa shape index (κ1) is 11.7. The molecule has 3 rings (SSSR count). The topological polar surface area (TPSA) is 61.0 Å².